The number of aromatic nitrogens is 4. The first-order chi connectivity index (χ1) is 11.1. The van der Waals surface area contributed by atoms with Crippen LogP contribution in [0, 0.1) is 13.8 Å². The van der Waals surface area contributed by atoms with Gasteiger partial charge >= 0.3 is 0 Å². The summed E-state index contributed by atoms with van der Waals surface area (Å²) in [4.78, 5) is 16.1. The number of rotatable bonds is 5. The fraction of sp³-hybridized carbons (Fsp3) is 0.214. The number of hydrogen-bond donors (Lipinski definition) is 1. The van der Waals surface area contributed by atoms with Crippen molar-refractivity contribution in [2.24, 2.45) is 0 Å². The fourth-order valence-corrected chi connectivity index (χ4v) is 2.35. The Morgan fingerprint density at radius 2 is 2.04 bits per heavy atom. The molecule has 0 unspecified atom stereocenters. The molecule has 1 amide bonds. The van der Waals surface area contributed by atoms with Gasteiger partial charge in [-0.25, -0.2) is 0 Å². The molecule has 0 saturated carbocycles. The largest absolute Gasteiger partial charge is 0.485 e. The van der Waals surface area contributed by atoms with Gasteiger partial charge in [0.15, 0.2) is 6.61 Å². The van der Waals surface area contributed by atoms with Gasteiger partial charge in [0, 0.05) is 12.5 Å². The van der Waals surface area contributed by atoms with E-state index in [2.05, 4.69) is 25.7 Å². The highest BCUT2D eigenvalue weighted by molar-refractivity contribution is 7.15. The van der Waals surface area contributed by atoms with Crippen molar-refractivity contribution in [1.82, 2.24) is 20.3 Å². The van der Waals surface area contributed by atoms with Gasteiger partial charge in [-0.1, -0.05) is 16.5 Å². The van der Waals surface area contributed by atoms with Crippen molar-refractivity contribution in [2.75, 3.05) is 5.32 Å². The minimum atomic E-state index is -0.249. The van der Waals surface area contributed by atoms with Crippen LogP contribution in [0.1, 0.15) is 27.1 Å². The van der Waals surface area contributed by atoms with Gasteiger partial charge < -0.3 is 9.26 Å². The monoisotopic (exact) mass is 331 g/mol. The summed E-state index contributed by atoms with van der Waals surface area (Å²) in [7, 11) is 0. The third kappa shape index (κ3) is 3.89. The van der Waals surface area contributed by atoms with Gasteiger partial charge in [-0.05, 0) is 31.2 Å². The molecule has 1 aromatic carbocycles. The Balaban J connectivity index is 1.58. The molecule has 3 rings (SSSR count). The molecule has 0 bridgehead atoms. The SMILES string of the molecule is Cc1nc(COc2ccc(C(=O)Nc3nnc(C)s3)cc2)no1. The molecule has 2 aromatic heterocycles. The highest BCUT2D eigenvalue weighted by Crippen LogP contribution is 2.17. The molecule has 9 heteroatoms. The summed E-state index contributed by atoms with van der Waals surface area (Å²) in [6.45, 7) is 3.74. The number of nitrogens with zero attached hydrogens (tertiary/aromatic N) is 4. The van der Waals surface area contributed by atoms with Crippen molar-refractivity contribution < 1.29 is 14.1 Å². The lowest BCUT2D eigenvalue weighted by Crippen LogP contribution is -2.11. The van der Waals surface area contributed by atoms with Crippen molar-refractivity contribution in [3.63, 3.8) is 0 Å². The van der Waals surface area contributed by atoms with Crippen LogP contribution in [0.4, 0.5) is 5.13 Å². The smallest absolute Gasteiger partial charge is 0.257 e. The van der Waals surface area contributed by atoms with Crippen molar-refractivity contribution in [3.8, 4) is 5.75 Å². The molecule has 8 nitrogen and oxygen atoms in total. The summed E-state index contributed by atoms with van der Waals surface area (Å²) in [5.74, 6) is 1.32. The second-order valence-corrected chi connectivity index (χ2v) is 5.80. The van der Waals surface area contributed by atoms with Crippen molar-refractivity contribution in [3.05, 3.63) is 46.6 Å². The predicted molar refractivity (Wildman–Crippen MR) is 82.4 cm³/mol. The van der Waals surface area contributed by atoms with Gasteiger partial charge in [0.05, 0.1) is 0 Å². The van der Waals surface area contributed by atoms with Crippen LogP contribution in [0.5, 0.6) is 5.75 Å². The molecule has 2 heterocycles. The maximum absolute atomic E-state index is 12.1. The lowest BCUT2D eigenvalue weighted by atomic mass is 10.2. The molecular formula is C14H13N5O3S. The number of nitrogens with one attached hydrogen (secondary N) is 1. The van der Waals surface area contributed by atoms with Gasteiger partial charge in [-0.15, -0.1) is 10.2 Å². The summed E-state index contributed by atoms with van der Waals surface area (Å²) >= 11 is 1.32. The van der Waals surface area contributed by atoms with E-state index in [0.29, 0.717) is 28.2 Å². The Morgan fingerprint density at radius 1 is 1.26 bits per heavy atom. The first kappa shape index (κ1) is 15.1. The van der Waals surface area contributed by atoms with Crippen LogP contribution in [0.15, 0.2) is 28.8 Å². The molecule has 0 atom stereocenters. The number of anilines is 1. The molecule has 118 valence electrons. The zero-order chi connectivity index (χ0) is 16.2. The Kier molecular flexibility index (Phi) is 4.29. The number of ether oxygens (including phenoxy) is 1. The average Bonchev–Trinajstić information content (AvgIpc) is 3.14. The van der Waals surface area contributed by atoms with Crippen LogP contribution in [0.2, 0.25) is 0 Å². The molecule has 0 aliphatic heterocycles. The Bertz CT molecular complexity index is 812. The van der Waals surface area contributed by atoms with E-state index in [-0.39, 0.29) is 12.5 Å². The second-order valence-electron chi connectivity index (χ2n) is 4.62. The van der Waals surface area contributed by atoms with Crippen LogP contribution >= 0.6 is 11.3 Å². The number of amides is 1. The lowest BCUT2D eigenvalue weighted by molar-refractivity contribution is 0.102. The summed E-state index contributed by atoms with van der Waals surface area (Å²) in [5, 5.41) is 15.4. The van der Waals surface area contributed by atoms with Gasteiger partial charge in [0.2, 0.25) is 16.8 Å². The molecule has 0 spiro atoms. The zero-order valence-corrected chi connectivity index (χ0v) is 13.3. The van der Waals surface area contributed by atoms with Crippen LogP contribution in [-0.2, 0) is 6.61 Å². The van der Waals surface area contributed by atoms with E-state index in [1.807, 2.05) is 6.92 Å². The first-order valence-electron chi connectivity index (χ1n) is 6.73. The van der Waals surface area contributed by atoms with Crippen LogP contribution < -0.4 is 10.1 Å². The quantitative estimate of drug-likeness (QED) is 0.765. The molecule has 3 aromatic rings. The molecular weight excluding hydrogens is 318 g/mol. The Hall–Kier alpha value is -2.81. The molecule has 0 aliphatic rings. The minimum Gasteiger partial charge on any atom is -0.485 e. The average molecular weight is 331 g/mol. The molecule has 1 N–H and O–H groups in total. The van der Waals surface area contributed by atoms with Crippen molar-refractivity contribution in [2.45, 2.75) is 20.5 Å². The van der Waals surface area contributed by atoms with E-state index in [9.17, 15) is 4.79 Å². The van der Waals surface area contributed by atoms with E-state index in [0.717, 1.165) is 5.01 Å². The number of hydrogen-bond acceptors (Lipinski definition) is 8. The number of aryl methyl sites for hydroxylation is 2. The van der Waals surface area contributed by atoms with Crippen molar-refractivity contribution >= 4 is 22.4 Å². The Labute approximate surface area is 135 Å². The second kappa shape index (κ2) is 6.53. The summed E-state index contributed by atoms with van der Waals surface area (Å²) in [6.07, 6.45) is 0. The normalized spacial score (nSPS) is 10.5. The zero-order valence-electron chi connectivity index (χ0n) is 12.4. The van der Waals surface area contributed by atoms with Crippen LogP contribution in [0.25, 0.3) is 0 Å². The third-order valence-electron chi connectivity index (χ3n) is 2.80. The molecule has 0 saturated heterocycles. The highest BCUT2D eigenvalue weighted by atomic mass is 32.1. The minimum absolute atomic E-state index is 0.201. The fourth-order valence-electron chi connectivity index (χ4n) is 1.77. The lowest BCUT2D eigenvalue weighted by Gasteiger charge is -2.05. The number of carbonyl (C=O) groups is 1. The maximum atomic E-state index is 12.1. The van der Waals surface area contributed by atoms with Crippen LogP contribution in [0.3, 0.4) is 0 Å². The number of carbonyl (C=O) groups excluding carboxylic acids is 1. The van der Waals surface area contributed by atoms with Gasteiger partial charge in [0.25, 0.3) is 5.91 Å². The molecule has 23 heavy (non-hydrogen) atoms. The maximum Gasteiger partial charge on any atom is 0.257 e. The van der Waals surface area contributed by atoms with Crippen molar-refractivity contribution in [1.29, 1.82) is 0 Å². The molecule has 0 radical (unpaired) electrons. The van der Waals surface area contributed by atoms with E-state index >= 15 is 0 Å². The van der Waals surface area contributed by atoms with E-state index in [1.54, 1.807) is 31.2 Å². The summed E-state index contributed by atoms with van der Waals surface area (Å²) < 4.78 is 10.4. The van der Waals surface area contributed by atoms with Crippen LogP contribution in [-0.4, -0.2) is 26.2 Å². The highest BCUT2D eigenvalue weighted by Gasteiger charge is 2.09. The molecule has 0 fully saturated rings. The molecule has 0 aliphatic carbocycles. The topological polar surface area (TPSA) is 103 Å². The standard InChI is InChI=1S/C14H13N5O3S/c1-8-15-12(19-22-8)7-21-11-5-3-10(4-6-11)13(20)16-14-18-17-9(2)23-14/h3-6H,7H2,1-2H3,(H,16,18,20). The third-order valence-corrected chi connectivity index (χ3v) is 3.55. The summed E-state index contributed by atoms with van der Waals surface area (Å²) in [5.41, 5.74) is 0.501. The first-order valence-corrected chi connectivity index (χ1v) is 7.55. The van der Waals surface area contributed by atoms with E-state index < -0.39 is 0 Å². The van der Waals surface area contributed by atoms with E-state index in [4.69, 9.17) is 9.26 Å². The Morgan fingerprint density at radius 3 is 2.65 bits per heavy atom. The predicted octanol–water partition coefficient (Wildman–Crippen LogP) is 2.37. The van der Waals surface area contributed by atoms with Gasteiger partial charge in [-0.3, -0.25) is 10.1 Å². The number of benzene rings is 1. The van der Waals surface area contributed by atoms with E-state index in [1.165, 1.54) is 11.3 Å². The van der Waals surface area contributed by atoms with Gasteiger partial charge in [0.1, 0.15) is 10.8 Å². The van der Waals surface area contributed by atoms with Gasteiger partial charge in [-0.2, -0.15) is 4.98 Å². The summed E-state index contributed by atoms with van der Waals surface area (Å²) in [6, 6.07) is 6.74.